The lowest BCUT2D eigenvalue weighted by Gasteiger charge is -2.06. The highest BCUT2D eigenvalue weighted by molar-refractivity contribution is 7.14. The molecule has 0 atom stereocenters. The predicted molar refractivity (Wildman–Crippen MR) is 85.3 cm³/mol. The molecule has 1 aromatic carbocycles. The molecule has 94 valence electrons. The van der Waals surface area contributed by atoms with Crippen molar-refractivity contribution in [2.45, 2.75) is 20.3 Å². The van der Waals surface area contributed by atoms with Crippen LogP contribution in [0.15, 0.2) is 36.4 Å². The van der Waals surface area contributed by atoms with Crippen LogP contribution in [0, 0.1) is 13.8 Å². The van der Waals surface area contributed by atoms with Crippen molar-refractivity contribution in [1.29, 1.82) is 0 Å². The maximum Gasteiger partial charge on any atom is 0.0179 e. The van der Waals surface area contributed by atoms with Crippen LogP contribution in [0.25, 0.3) is 22.3 Å². The minimum absolute atomic E-state index is 1.09. The molecule has 1 aliphatic rings. The van der Waals surface area contributed by atoms with Crippen LogP contribution in [-0.4, -0.2) is 0 Å². The SMILES string of the molecule is Cc1cc2c(s1)Cc1sc(C)cc1-c1ccccc1-2. The summed E-state index contributed by atoms with van der Waals surface area (Å²) >= 11 is 3.89. The summed E-state index contributed by atoms with van der Waals surface area (Å²) in [6.07, 6.45) is 1.09. The van der Waals surface area contributed by atoms with E-state index in [-0.39, 0.29) is 0 Å². The van der Waals surface area contributed by atoms with Gasteiger partial charge in [0.2, 0.25) is 0 Å². The molecule has 0 saturated heterocycles. The molecule has 0 saturated carbocycles. The number of hydrogen-bond acceptors (Lipinski definition) is 2. The van der Waals surface area contributed by atoms with Crippen LogP contribution in [0.4, 0.5) is 0 Å². The second kappa shape index (κ2) is 4.06. The van der Waals surface area contributed by atoms with Crippen molar-refractivity contribution in [3.8, 4) is 22.3 Å². The first-order valence-corrected chi connectivity index (χ1v) is 8.14. The van der Waals surface area contributed by atoms with Gasteiger partial charge in [-0.05, 0) is 48.2 Å². The van der Waals surface area contributed by atoms with E-state index >= 15 is 0 Å². The number of hydrogen-bond donors (Lipinski definition) is 0. The largest absolute Gasteiger partial charge is 0.145 e. The average molecular weight is 282 g/mol. The summed E-state index contributed by atoms with van der Waals surface area (Å²) in [5.41, 5.74) is 5.69. The van der Waals surface area contributed by atoms with Gasteiger partial charge in [-0.3, -0.25) is 0 Å². The average Bonchev–Trinajstić information content (AvgIpc) is 2.90. The molecule has 0 nitrogen and oxygen atoms in total. The molecule has 0 spiro atoms. The Morgan fingerprint density at radius 3 is 1.68 bits per heavy atom. The van der Waals surface area contributed by atoms with Crippen LogP contribution < -0.4 is 0 Å². The van der Waals surface area contributed by atoms with E-state index in [1.54, 1.807) is 0 Å². The lowest BCUT2D eigenvalue weighted by atomic mass is 9.98. The molecule has 0 bridgehead atoms. The van der Waals surface area contributed by atoms with Gasteiger partial charge in [-0.15, -0.1) is 22.7 Å². The van der Waals surface area contributed by atoms with Gasteiger partial charge in [-0.2, -0.15) is 0 Å². The van der Waals surface area contributed by atoms with Crippen LogP contribution in [0.2, 0.25) is 0 Å². The van der Waals surface area contributed by atoms with Crippen LogP contribution >= 0.6 is 22.7 Å². The summed E-state index contributed by atoms with van der Waals surface area (Å²) in [4.78, 5) is 5.86. The van der Waals surface area contributed by atoms with Crippen molar-refractivity contribution in [1.82, 2.24) is 0 Å². The Morgan fingerprint density at radius 1 is 0.737 bits per heavy atom. The van der Waals surface area contributed by atoms with Gasteiger partial charge in [0, 0.05) is 25.9 Å². The third kappa shape index (κ3) is 1.71. The topological polar surface area (TPSA) is 0 Å². The van der Waals surface area contributed by atoms with E-state index in [4.69, 9.17) is 0 Å². The lowest BCUT2D eigenvalue weighted by molar-refractivity contribution is 1.32. The quantitative estimate of drug-likeness (QED) is 0.390. The fourth-order valence-electron chi connectivity index (χ4n) is 2.94. The number of rotatable bonds is 0. The third-order valence-corrected chi connectivity index (χ3v) is 5.79. The summed E-state index contributed by atoms with van der Waals surface area (Å²) in [7, 11) is 0. The summed E-state index contributed by atoms with van der Waals surface area (Å²) in [6.45, 7) is 4.42. The van der Waals surface area contributed by atoms with E-state index in [1.165, 1.54) is 41.8 Å². The summed E-state index contributed by atoms with van der Waals surface area (Å²) < 4.78 is 0. The van der Waals surface area contributed by atoms with Crippen molar-refractivity contribution < 1.29 is 0 Å². The van der Waals surface area contributed by atoms with Gasteiger partial charge in [0.25, 0.3) is 0 Å². The second-order valence-electron chi connectivity index (χ2n) is 5.11. The van der Waals surface area contributed by atoms with Crippen molar-refractivity contribution in [3.63, 3.8) is 0 Å². The molecule has 2 heterocycles. The Hall–Kier alpha value is -1.38. The Bertz CT molecular complexity index is 709. The molecule has 3 aromatic rings. The normalized spacial score (nSPS) is 12.5. The fourth-order valence-corrected chi connectivity index (χ4v) is 5.16. The summed E-state index contributed by atoms with van der Waals surface area (Å²) in [6, 6.07) is 13.5. The monoisotopic (exact) mass is 282 g/mol. The molecule has 2 heteroatoms. The molecule has 0 aliphatic heterocycles. The van der Waals surface area contributed by atoms with Crippen LogP contribution in [0.5, 0.6) is 0 Å². The van der Waals surface area contributed by atoms with E-state index in [2.05, 4.69) is 50.2 Å². The molecule has 4 rings (SSSR count). The molecule has 1 aliphatic carbocycles. The molecule has 0 radical (unpaired) electrons. The third-order valence-electron chi connectivity index (χ3n) is 3.69. The first-order chi connectivity index (χ1) is 9.22. The van der Waals surface area contributed by atoms with E-state index in [0.717, 1.165) is 6.42 Å². The van der Waals surface area contributed by atoms with Gasteiger partial charge in [-0.25, -0.2) is 0 Å². The highest BCUT2D eigenvalue weighted by Gasteiger charge is 2.22. The fraction of sp³-hybridized carbons (Fsp3) is 0.176. The van der Waals surface area contributed by atoms with Gasteiger partial charge in [-0.1, -0.05) is 24.3 Å². The van der Waals surface area contributed by atoms with Crippen LogP contribution in [0.1, 0.15) is 19.5 Å². The van der Waals surface area contributed by atoms with E-state index < -0.39 is 0 Å². The molecule has 0 fully saturated rings. The van der Waals surface area contributed by atoms with Crippen molar-refractivity contribution in [3.05, 3.63) is 55.9 Å². The molecule has 0 amide bonds. The van der Waals surface area contributed by atoms with Gasteiger partial charge >= 0.3 is 0 Å². The molecular formula is C17H14S2. The first kappa shape index (κ1) is 11.4. The zero-order chi connectivity index (χ0) is 13.0. The molecule has 0 unspecified atom stereocenters. The first-order valence-electron chi connectivity index (χ1n) is 6.51. The summed E-state index contributed by atoms with van der Waals surface area (Å²) in [5.74, 6) is 0. The Labute approximate surface area is 121 Å². The smallest absolute Gasteiger partial charge is 0.0179 e. The maximum absolute atomic E-state index is 2.35. The van der Waals surface area contributed by atoms with E-state index in [0.29, 0.717) is 0 Å². The second-order valence-corrected chi connectivity index (χ2v) is 7.79. The Morgan fingerprint density at radius 2 is 1.21 bits per heavy atom. The molecule has 0 N–H and O–H groups in total. The number of aryl methyl sites for hydroxylation is 2. The molecule has 2 aromatic heterocycles. The summed E-state index contributed by atoms with van der Waals surface area (Å²) in [5, 5.41) is 0. The highest BCUT2D eigenvalue weighted by atomic mass is 32.1. The number of thiophene rings is 2. The van der Waals surface area contributed by atoms with Crippen molar-refractivity contribution >= 4 is 22.7 Å². The zero-order valence-corrected chi connectivity index (χ0v) is 12.6. The Balaban J connectivity index is 2.10. The minimum atomic E-state index is 1.09. The van der Waals surface area contributed by atoms with E-state index in [1.807, 2.05) is 22.7 Å². The zero-order valence-electron chi connectivity index (χ0n) is 11.0. The number of fused-ring (bicyclic) bond motifs is 5. The standard InChI is InChI=1S/C17H14S2/c1-10-7-14-12-5-3-4-6-13(12)15-8-11(2)19-17(15)9-16(14)18-10/h3-8H,9H2,1-2H3. The van der Waals surface area contributed by atoms with Crippen molar-refractivity contribution in [2.24, 2.45) is 0 Å². The van der Waals surface area contributed by atoms with Gasteiger partial charge < -0.3 is 0 Å². The van der Waals surface area contributed by atoms with Crippen molar-refractivity contribution in [2.75, 3.05) is 0 Å². The van der Waals surface area contributed by atoms with Crippen LogP contribution in [-0.2, 0) is 6.42 Å². The van der Waals surface area contributed by atoms with E-state index in [9.17, 15) is 0 Å². The lowest BCUT2D eigenvalue weighted by Crippen LogP contribution is -1.81. The molecule has 19 heavy (non-hydrogen) atoms. The van der Waals surface area contributed by atoms with Gasteiger partial charge in [0.15, 0.2) is 0 Å². The predicted octanol–water partition coefficient (Wildman–Crippen LogP) is 5.66. The Kier molecular flexibility index (Phi) is 2.44. The van der Waals surface area contributed by atoms with Crippen LogP contribution in [0.3, 0.4) is 0 Å². The van der Waals surface area contributed by atoms with Gasteiger partial charge in [0.1, 0.15) is 0 Å². The highest BCUT2D eigenvalue weighted by Crippen LogP contribution is 2.45. The number of benzene rings is 1. The van der Waals surface area contributed by atoms with Gasteiger partial charge in [0.05, 0.1) is 0 Å². The molecular weight excluding hydrogens is 268 g/mol. The maximum atomic E-state index is 2.35. The minimum Gasteiger partial charge on any atom is -0.145 e.